The van der Waals surface area contributed by atoms with Crippen LogP contribution in [0.5, 0.6) is 0 Å². The first kappa shape index (κ1) is 29.7. The van der Waals surface area contributed by atoms with Gasteiger partial charge < -0.3 is 0 Å². The summed E-state index contributed by atoms with van der Waals surface area (Å²) in [7, 11) is 0. The van der Waals surface area contributed by atoms with E-state index in [-0.39, 0.29) is 0 Å². The molecule has 0 N–H and O–H groups in total. The summed E-state index contributed by atoms with van der Waals surface area (Å²) in [6.45, 7) is 15.1. The maximum atomic E-state index is 4.00. The normalized spacial score (nSPS) is 15.0. The smallest absolute Gasteiger partial charge is 0.0322 e. The summed E-state index contributed by atoms with van der Waals surface area (Å²) < 4.78 is 0. The molecule has 0 aromatic rings. The van der Waals surface area contributed by atoms with Crippen LogP contribution in [0.15, 0.2) is 12.2 Å². The van der Waals surface area contributed by atoms with Gasteiger partial charge in [-0.15, -0.1) is 0 Å². The van der Waals surface area contributed by atoms with Gasteiger partial charge in [-0.2, -0.15) is 0 Å². The van der Waals surface area contributed by atoms with E-state index in [9.17, 15) is 0 Å². The molecule has 0 aromatic carbocycles. The summed E-state index contributed by atoms with van der Waals surface area (Å²) in [4.78, 5) is 0. The van der Waals surface area contributed by atoms with Crippen LogP contribution in [0.25, 0.3) is 0 Å². The fourth-order valence-electron chi connectivity index (χ4n) is 4.79. The molecule has 0 spiro atoms. The van der Waals surface area contributed by atoms with Crippen molar-refractivity contribution < 1.29 is 0 Å². The molecule has 0 heteroatoms. The lowest BCUT2D eigenvalue weighted by molar-refractivity contribution is 0.373. The average Bonchev–Trinajstić information content (AvgIpc) is 2.77. The van der Waals surface area contributed by atoms with Crippen molar-refractivity contribution in [2.24, 2.45) is 17.8 Å². The van der Waals surface area contributed by atoms with Crippen LogP contribution in [0.2, 0.25) is 0 Å². The zero-order valence-electron chi connectivity index (χ0n) is 21.4. The molecule has 0 amide bonds. The summed E-state index contributed by atoms with van der Waals surface area (Å²) in [5.41, 5.74) is 0. The van der Waals surface area contributed by atoms with Gasteiger partial charge in [0.25, 0.3) is 0 Å². The zero-order valence-corrected chi connectivity index (χ0v) is 21.4. The summed E-state index contributed by atoms with van der Waals surface area (Å²) in [6.07, 6.45) is 32.1. The van der Waals surface area contributed by atoms with Gasteiger partial charge in [0.1, 0.15) is 0 Å². The topological polar surface area (TPSA) is 0 Å². The van der Waals surface area contributed by atoms with Crippen molar-refractivity contribution in [3.8, 4) is 0 Å². The minimum Gasteiger partial charge on any atom is -0.0885 e. The Hall–Kier alpha value is -0.260. The van der Waals surface area contributed by atoms with Crippen molar-refractivity contribution >= 4 is 0 Å². The van der Waals surface area contributed by atoms with E-state index in [0.29, 0.717) is 0 Å². The quantitative estimate of drug-likeness (QED) is 0.114. The lowest BCUT2D eigenvalue weighted by Gasteiger charge is -2.17. The molecule has 0 aliphatic carbocycles. The second kappa shape index (κ2) is 23.4. The van der Waals surface area contributed by atoms with Gasteiger partial charge in [0, 0.05) is 0 Å². The highest BCUT2D eigenvalue weighted by molar-refractivity contribution is 4.84. The van der Waals surface area contributed by atoms with Crippen molar-refractivity contribution in [1.82, 2.24) is 0 Å². The van der Waals surface area contributed by atoms with Crippen LogP contribution in [0.1, 0.15) is 149 Å². The number of allylic oxidation sites excluding steroid dienone is 2. The standard InChI is InChI=1S/C30H58/c1-6-11-13-18-23-29(9-4)24-19-16-14-15-17-20-25-30(10-5)27-21-26-28(8-3)22-12-7-2/h17,20,28-30H,1-2,6-16,18-19,21-27H2,3-5H3/b20-17+. The second-order valence-electron chi connectivity index (χ2n) is 9.80. The van der Waals surface area contributed by atoms with E-state index in [1.807, 2.05) is 0 Å². The third-order valence-electron chi connectivity index (χ3n) is 7.30. The molecular formula is C30H58. The molecule has 0 aliphatic heterocycles. The molecule has 0 aliphatic rings. The first-order chi connectivity index (χ1) is 14.7. The van der Waals surface area contributed by atoms with Crippen molar-refractivity contribution in [3.63, 3.8) is 0 Å². The van der Waals surface area contributed by atoms with E-state index in [1.54, 1.807) is 0 Å². The molecule has 0 fully saturated rings. The maximum Gasteiger partial charge on any atom is -0.0322 e. The van der Waals surface area contributed by atoms with Crippen LogP contribution in [0.4, 0.5) is 0 Å². The van der Waals surface area contributed by atoms with E-state index < -0.39 is 0 Å². The lowest BCUT2D eigenvalue weighted by Crippen LogP contribution is -2.02. The predicted octanol–water partition coefficient (Wildman–Crippen LogP) is 10.9. The molecule has 3 atom stereocenters. The fourth-order valence-corrected chi connectivity index (χ4v) is 4.79. The molecule has 178 valence electrons. The Morgan fingerprint density at radius 1 is 0.500 bits per heavy atom. The van der Waals surface area contributed by atoms with E-state index >= 15 is 0 Å². The maximum absolute atomic E-state index is 4.00. The van der Waals surface area contributed by atoms with Gasteiger partial charge in [-0.05, 0) is 37.0 Å². The van der Waals surface area contributed by atoms with E-state index in [1.165, 1.54) is 116 Å². The highest BCUT2D eigenvalue weighted by Gasteiger charge is 2.09. The summed E-state index contributed by atoms with van der Waals surface area (Å²) in [5.74, 6) is 2.82. The van der Waals surface area contributed by atoms with Gasteiger partial charge in [-0.1, -0.05) is 156 Å². The Morgan fingerprint density at radius 2 is 1.00 bits per heavy atom. The Labute approximate surface area is 193 Å². The van der Waals surface area contributed by atoms with E-state index in [4.69, 9.17) is 0 Å². The summed E-state index contributed by atoms with van der Waals surface area (Å²) in [6, 6.07) is 0. The van der Waals surface area contributed by atoms with Crippen LogP contribution < -0.4 is 0 Å². The Kier molecular flexibility index (Phi) is 23.2. The molecule has 0 saturated heterocycles. The fraction of sp³-hybridized carbons (Fsp3) is 0.867. The Balaban J connectivity index is 3.74. The third-order valence-corrected chi connectivity index (χ3v) is 7.30. The largest absolute Gasteiger partial charge is 0.0885 e. The monoisotopic (exact) mass is 418 g/mol. The number of rotatable bonds is 23. The van der Waals surface area contributed by atoms with Gasteiger partial charge in [0.05, 0.1) is 0 Å². The molecule has 3 unspecified atom stereocenters. The molecule has 30 heavy (non-hydrogen) atoms. The van der Waals surface area contributed by atoms with Crippen molar-refractivity contribution in [3.05, 3.63) is 26.0 Å². The molecule has 0 nitrogen and oxygen atoms in total. The van der Waals surface area contributed by atoms with Gasteiger partial charge in [-0.3, -0.25) is 0 Å². The van der Waals surface area contributed by atoms with E-state index in [0.717, 1.165) is 30.6 Å². The molecule has 0 bridgehead atoms. The molecule has 2 radical (unpaired) electrons. The number of unbranched alkanes of at least 4 members (excludes halogenated alkanes) is 7. The molecular weight excluding hydrogens is 360 g/mol. The van der Waals surface area contributed by atoms with Crippen LogP contribution in [-0.4, -0.2) is 0 Å². The highest BCUT2D eigenvalue weighted by Crippen LogP contribution is 2.24. The molecule has 0 saturated carbocycles. The number of hydrogen-bond donors (Lipinski definition) is 0. The first-order valence-corrected chi connectivity index (χ1v) is 13.9. The zero-order chi connectivity index (χ0) is 22.3. The number of hydrogen-bond acceptors (Lipinski definition) is 0. The average molecular weight is 419 g/mol. The molecule has 0 aromatic heterocycles. The molecule has 0 rings (SSSR count). The summed E-state index contributed by atoms with van der Waals surface area (Å²) >= 11 is 0. The van der Waals surface area contributed by atoms with Gasteiger partial charge in [0.15, 0.2) is 0 Å². The van der Waals surface area contributed by atoms with Crippen molar-refractivity contribution in [2.45, 2.75) is 149 Å². The van der Waals surface area contributed by atoms with Gasteiger partial charge >= 0.3 is 0 Å². The van der Waals surface area contributed by atoms with Crippen LogP contribution in [0.3, 0.4) is 0 Å². The summed E-state index contributed by atoms with van der Waals surface area (Å²) in [5, 5.41) is 0. The Morgan fingerprint density at radius 3 is 1.57 bits per heavy atom. The van der Waals surface area contributed by atoms with Crippen LogP contribution in [0, 0.1) is 31.6 Å². The molecule has 0 heterocycles. The Bertz CT molecular complexity index is 342. The van der Waals surface area contributed by atoms with Gasteiger partial charge in [0.2, 0.25) is 0 Å². The third kappa shape index (κ3) is 18.5. The second-order valence-corrected chi connectivity index (χ2v) is 9.80. The lowest BCUT2D eigenvalue weighted by atomic mass is 9.89. The predicted molar refractivity (Wildman–Crippen MR) is 140 cm³/mol. The first-order valence-electron chi connectivity index (χ1n) is 13.9. The van der Waals surface area contributed by atoms with Crippen LogP contribution in [-0.2, 0) is 0 Å². The highest BCUT2D eigenvalue weighted by atomic mass is 14.1. The minimum absolute atomic E-state index is 0.903. The SMILES string of the molecule is [CH2]CCCCCC(CC)CCCCC/C=C/CC(CC)CCCC(CC)CCC[CH2]. The van der Waals surface area contributed by atoms with Crippen molar-refractivity contribution in [1.29, 1.82) is 0 Å². The van der Waals surface area contributed by atoms with Crippen LogP contribution >= 0.6 is 0 Å². The van der Waals surface area contributed by atoms with E-state index in [2.05, 4.69) is 46.8 Å². The van der Waals surface area contributed by atoms with Crippen molar-refractivity contribution in [2.75, 3.05) is 0 Å². The van der Waals surface area contributed by atoms with Gasteiger partial charge in [-0.25, -0.2) is 0 Å². The minimum atomic E-state index is 0.903.